The number of benzene rings is 3. The highest BCUT2D eigenvalue weighted by Gasteiger charge is 2.34. The molecule has 0 radical (unpaired) electrons. The topological polar surface area (TPSA) is 50.8 Å². The summed E-state index contributed by atoms with van der Waals surface area (Å²) in [6.45, 7) is 0.490. The fraction of sp³-hybridized carbons (Fsp3) is 0.136. The molecule has 0 spiro atoms. The van der Waals surface area contributed by atoms with Crippen LogP contribution in [0.25, 0.3) is 0 Å². The molecule has 0 saturated heterocycles. The molecule has 6 heteroatoms. The van der Waals surface area contributed by atoms with E-state index in [1.165, 1.54) is 6.07 Å². The summed E-state index contributed by atoms with van der Waals surface area (Å²) < 4.78 is 25.3. The van der Waals surface area contributed by atoms with Crippen LogP contribution in [-0.2, 0) is 6.54 Å². The highest BCUT2D eigenvalue weighted by atomic mass is 19.1. The summed E-state index contributed by atoms with van der Waals surface area (Å²) >= 11 is 0. The van der Waals surface area contributed by atoms with Gasteiger partial charge in [-0.1, -0.05) is 36.4 Å². The van der Waals surface area contributed by atoms with E-state index in [4.69, 9.17) is 9.47 Å². The third-order valence-corrected chi connectivity index (χ3v) is 5.01. The number of amides is 1. The lowest BCUT2D eigenvalue weighted by Gasteiger charge is -2.38. The average molecular weight is 376 g/mol. The molecule has 0 aliphatic carbocycles. The molecule has 0 unspecified atom stereocenters. The highest BCUT2D eigenvalue weighted by Crippen LogP contribution is 2.37. The summed E-state index contributed by atoms with van der Waals surface area (Å²) in [4.78, 5) is 14.9. The fourth-order valence-corrected chi connectivity index (χ4v) is 3.63. The van der Waals surface area contributed by atoms with Crippen LogP contribution in [0.3, 0.4) is 0 Å². The normalized spacial score (nSPS) is 17.2. The molecule has 2 aliphatic rings. The molecular formula is C22H17FN2O3. The summed E-state index contributed by atoms with van der Waals surface area (Å²) in [5.74, 6) is 0.823. The first-order valence-electron chi connectivity index (χ1n) is 9.00. The Morgan fingerprint density at radius 1 is 1.00 bits per heavy atom. The van der Waals surface area contributed by atoms with E-state index in [2.05, 4.69) is 5.32 Å². The van der Waals surface area contributed by atoms with Gasteiger partial charge < -0.3 is 19.7 Å². The van der Waals surface area contributed by atoms with E-state index in [0.717, 1.165) is 5.56 Å². The predicted molar refractivity (Wildman–Crippen MR) is 102 cm³/mol. The maximum atomic E-state index is 14.6. The molecule has 5 nitrogen and oxygen atoms in total. The minimum atomic E-state index is -0.617. The van der Waals surface area contributed by atoms with Crippen molar-refractivity contribution in [2.75, 3.05) is 12.1 Å². The first-order valence-corrected chi connectivity index (χ1v) is 9.00. The number of rotatable bonds is 3. The molecule has 0 fully saturated rings. The predicted octanol–water partition coefficient (Wildman–Crippen LogP) is 4.32. The summed E-state index contributed by atoms with van der Waals surface area (Å²) in [5.41, 5.74) is 2.56. The molecule has 1 N–H and O–H groups in total. The van der Waals surface area contributed by atoms with Gasteiger partial charge in [0, 0.05) is 17.8 Å². The van der Waals surface area contributed by atoms with Gasteiger partial charge in [0.05, 0.1) is 5.56 Å². The van der Waals surface area contributed by atoms with E-state index in [9.17, 15) is 9.18 Å². The van der Waals surface area contributed by atoms with Gasteiger partial charge in [0.15, 0.2) is 11.5 Å². The molecule has 0 aromatic heterocycles. The zero-order valence-electron chi connectivity index (χ0n) is 14.9. The molecule has 3 aromatic carbocycles. The van der Waals surface area contributed by atoms with Gasteiger partial charge in [0.1, 0.15) is 12.0 Å². The van der Waals surface area contributed by atoms with Crippen molar-refractivity contribution in [1.29, 1.82) is 0 Å². The monoisotopic (exact) mass is 376 g/mol. The zero-order chi connectivity index (χ0) is 19.1. The van der Waals surface area contributed by atoms with Crippen LogP contribution in [0, 0.1) is 5.82 Å². The van der Waals surface area contributed by atoms with Gasteiger partial charge in [-0.05, 0) is 35.9 Å². The number of fused-ring (bicyclic) bond motifs is 2. The maximum absolute atomic E-state index is 14.6. The number of hydrogen-bond acceptors (Lipinski definition) is 4. The summed E-state index contributed by atoms with van der Waals surface area (Å²) in [6.07, 6.45) is -0.617. The minimum absolute atomic E-state index is 0.153. The SMILES string of the molecule is O=C1c2ccccc2N[C@@H](c2ccccc2F)N1Cc1ccc2c(c1)OCO2. The molecule has 3 aromatic rings. The second kappa shape index (κ2) is 6.56. The van der Waals surface area contributed by atoms with Crippen LogP contribution in [0.15, 0.2) is 66.7 Å². The molecule has 0 bridgehead atoms. The van der Waals surface area contributed by atoms with E-state index in [0.29, 0.717) is 34.9 Å². The smallest absolute Gasteiger partial charge is 0.258 e. The van der Waals surface area contributed by atoms with Crippen molar-refractivity contribution in [3.05, 3.63) is 89.2 Å². The molecule has 0 saturated carbocycles. The van der Waals surface area contributed by atoms with E-state index < -0.39 is 6.17 Å². The summed E-state index contributed by atoms with van der Waals surface area (Å²) in [7, 11) is 0. The van der Waals surface area contributed by atoms with Crippen LogP contribution in [0.2, 0.25) is 0 Å². The Hall–Kier alpha value is -3.54. The van der Waals surface area contributed by atoms with Crippen LogP contribution in [-0.4, -0.2) is 17.6 Å². The minimum Gasteiger partial charge on any atom is -0.454 e. The van der Waals surface area contributed by atoms with Crippen LogP contribution in [0.1, 0.15) is 27.7 Å². The van der Waals surface area contributed by atoms with E-state index in [-0.39, 0.29) is 18.5 Å². The Balaban J connectivity index is 1.56. The molecule has 5 rings (SSSR count). The van der Waals surface area contributed by atoms with Crippen LogP contribution in [0.4, 0.5) is 10.1 Å². The number of hydrogen-bond donors (Lipinski definition) is 1. The molecular weight excluding hydrogens is 359 g/mol. The van der Waals surface area contributed by atoms with Gasteiger partial charge in [-0.15, -0.1) is 0 Å². The van der Waals surface area contributed by atoms with Crippen LogP contribution >= 0.6 is 0 Å². The number of ether oxygens (including phenoxy) is 2. The number of para-hydroxylation sites is 1. The van der Waals surface area contributed by atoms with Gasteiger partial charge in [-0.2, -0.15) is 0 Å². The standard InChI is InChI=1S/C22H17FN2O3/c23-17-7-3-1-5-15(17)21-24-18-8-4-2-6-16(18)22(26)25(21)12-14-9-10-19-20(11-14)28-13-27-19/h1-11,21,24H,12-13H2/t21-/m1/s1. The third kappa shape index (κ3) is 2.74. The molecule has 1 atom stereocenters. The van der Waals surface area contributed by atoms with Gasteiger partial charge in [0.25, 0.3) is 5.91 Å². The Morgan fingerprint density at radius 3 is 2.68 bits per heavy atom. The molecule has 2 heterocycles. The third-order valence-electron chi connectivity index (χ3n) is 5.01. The Kier molecular flexibility index (Phi) is 3.90. The maximum Gasteiger partial charge on any atom is 0.258 e. The number of nitrogens with zero attached hydrogens (tertiary/aromatic N) is 1. The highest BCUT2D eigenvalue weighted by molar-refractivity contribution is 6.01. The molecule has 2 aliphatic heterocycles. The molecule has 140 valence electrons. The number of anilines is 1. The van der Waals surface area contributed by atoms with Crippen molar-refractivity contribution in [3.63, 3.8) is 0 Å². The van der Waals surface area contributed by atoms with Gasteiger partial charge in [-0.3, -0.25) is 4.79 Å². The Labute approximate surface area is 161 Å². The largest absolute Gasteiger partial charge is 0.454 e. The second-order valence-corrected chi connectivity index (χ2v) is 6.73. The number of carbonyl (C=O) groups excluding carboxylic acids is 1. The van der Waals surface area contributed by atoms with Crippen molar-refractivity contribution in [1.82, 2.24) is 4.90 Å². The first-order chi connectivity index (χ1) is 13.7. The lowest BCUT2D eigenvalue weighted by atomic mass is 10.0. The van der Waals surface area contributed by atoms with Crippen molar-refractivity contribution in [2.45, 2.75) is 12.7 Å². The lowest BCUT2D eigenvalue weighted by Crippen LogP contribution is -2.42. The summed E-state index contributed by atoms with van der Waals surface area (Å²) in [6, 6.07) is 19.4. The number of nitrogens with one attached hydrogen (secondary N) is 1. The quantitative estimate of drug-likeness (QED) is 0.740. The van der Waals surface area contributed by atoms with Crippen LogP contribution < -0.4 is 14.8 Å². The molecule has 1 amide bonds. The van der Waals surface area contributed by atoms with E-state index >= 15 is 0 Å². The lowest BCUT2D eigenvalue weighted by molar-refractivity contribution is 0.0663. The Morgan fingerprint density at radius 2 is 1.79 bits per heavy atom. The number of carbonyl (C=O) groups is 1. The van der Waals surface area contributed by atoms with Crippen LogP contribution in [0.5, 0.6) is 11.5 Å². The van der Waals surface area contributed by atoms with Gasteiger partial charge in [0.2, 0.25) is 6.79 Å². The Bertz CT molecular complexity index is 1070. The van der Waals surface area contributed by atoms with Gasteiger partial charge >= 0.3 is 0 Å². The second-order valence-electron chi connectivity index (χ2n) is 6.73. The fourth-order valence-electron chi connectivity index (χ4n) is 3.63. The van der Waals surface area contributed by atoms with Crippen molar-refractivity contribution in [2.24, 2.45) is 0 Å². The van der Waals surface area contributed by atoms with Crippen molar-refractivity contribution < 1.29 is 18.7 Å². The average Bonchev–Trinajstić information content (AvgIpc) is 3.18. The van der Waals surface area contributed by atoms with Crippen molar-refractivity contribution >= 4 is 11.6 Å². The summed E-state index contributed by atoms with van der Waals surface area (Å²) in [5, 5.41) is 3.32. The van der Waals surface area contributed by atoms with E-state index in [1.807, 2.05) is 36.4 Å². The zero-order valence-corrected chi connectivity index (χ0v) is 14.9. The van der Waals surface area contributed by atoms with Gasteiger partial charge in [-0.25, -0.2) is 4.39 Å². The molecule has 28 heavy (non-hydrogen) atoms. The number of halogens is 1. The van der Waals surface area contributed by atoms with Crippen molar-refractivity contribution in [3.8, 4) is 11.5 Å². The first kappa shape index (κ1) is 16.6. The van der Waals surface area contributed by atoms with E-state index in [1.54, 1.807) is 29.2 Å².